The van der Waals surface area contributed by atoms with Gasteiger partial charge in [0, 0.05) is 19.8 Å². The van der Waals surface area contributed by atoms with E-state index in [0.717, 1.165) is 12.8 Å². The second-order valence-corrected chi connectivity index (χ2v) is 5.63. The first-order valence-electron chi connectivity index (χ1n) is 7.70. The minimum atomic E-state index is -0.554. The third kappa shape index (κ3) is 5.19. The number of rotatable bonds is 3. The number of hydrogen-bond donors (Lipinski definition) is 0. The van der Waals surface area contributed by atoms with E-state index in [1.807, 2.05) is 0 Å². The fraction of sp³-hybridized carbons (Fsp3) is 0.647. The molecule has 1 heterocycles. The molecule has 0 spiro atoms. The van der Waals surface area contributed by atoms with Crippen LogP contribution < -0.4 is 0 Å². The van der Waals surface area contributed by atoms with Gasteiger partial charge in [-0.25, -0.2) is 0 Å². The molecule has 0 amide bonds. The first-order valence-corrected chi connectivity index (χ1v) is 7.70. The van der Waals surface area contributed by atoms with Crippen molar-refractivity contribution in [2.24, 2.45) is 5.92 Å². The molecule has 0 saturated heterocycles. The Hall–Kier alpha value is -1.80. The maximum Gasteiger partial charge on any atom is 0.303 e. The molecule has 0 bridgehead atoms. The van der Waals surface area contributed by atoms with Gasteiger partial charge >= 0.3 is 11.9 Å². The minimum Gasteiger partial charge on any atom is -0.463 e. The summed E-state index contributed by atoms with van der Waals surface area (Å²) in [7, 11) is 0. The smallest absolute Gasteiger partial charge is 0.303 e. The Kier molecular flexibility index (Phi) is 6.02. The van der Waals surface area contributed by atoms with Crippen LogP contribution in [0, 0.1) is 17.8 Å². The topological polar surface area (TPSA) is 61.8 Å². The van der Waals surface area contributed by atoms with Crippen molar-refractivity contribution in [2.45, 2.75) is 57.8 Å². The van der Waals surface area contributed by atoms with Crippen LogP contribution in [0.1, 0.15) is 39.5 Å². The molecule has 0 unspecified atom stereocenters. The molecule has 0 aromatic carbocycles. The average molecular weight is 306 g/mol. The van der Waals surface area contributed by atoms with E-state index in [1.54, 1.807) is 12.2 Å². The average Bonchev–Trinajstić information content (AvgIpc) is 2.97. The number of ether oxygens (including phenoxy) is 3. The van der Waals surface area contributed by atoms with Gasteiger partial charge in [0.25, 0.3) is 0 Å². The second kappa shape index (κ2) is 8.00. The third-order valence-corrected chi connectivity index (χ3v) is 3.70. The van der Waals surface area contributed by atoms with Crippen molar-refractivity contribution >= 4 is 11.9 Å². The molecule has 3 atom stereocenters. The Morgan fingerprint density at radius 2 is 1.86 bits per heavy atom. The molecule has 0 radical (unpaired) electrons. The Morgan fingerprint density at radius 3 is 2.50 bits per heavy atom. The summed E-state index contributed by atoms with van der Waals surface area (Å²) in [4.78, 5) is 22.1. The zero-order chi connectivity index (χ0) is 15.9. The molecule has 0 aromatic heterocycles. The molecule has 2 rings (SSSR count). The van der Waals surface area contributed by atoms with Gasteiger partial charge in [-0.3, -0.25) is 9.59 Å². The fourth-order valence-electron chi connectivity index (χ4n) is 2.64. The summed E-state index contributed by atoms with van der Waals surface area (Å²) in [5.74, 6) is 6.02. The maximum absolute atomic E-state index is 11.1. The van der Waals surface area contributed by atoms with Gasteiger partial charge < -0.3 is 14.2 Å². The number of carbonyl (C=O) groups is 2. The van der Waals surface area contributed by atoms with Crippen molar-refractivity contribution in [1.29, 1.82) is 0 Å². The van der Waals surface area contributed by atoms with Crippen LogP contribution in [-0.4, -0.2) is 36.9 Å². The van der Waals surface area contributed by atoms with Crippen LogP contribution in [0.3, 0.4) is 0 Å². The highest BCUT2D eigenvalue weighted by molar-refractivity contribution is 5.66. The van der Waals surface area contributed by atoms with Crippen molar-refractivity contribution in [2.75, 3.05) is 6.61 Å². The van der Waals surface area contributed by atoms with Gasteiger partial charge in [-0.2, -0.15) is 0 Å². The highest BCUT2D eigenvalue weighted by Crippen LogP contribution is 2.24. The predicted molar refractivity (Wildman–Crippen MR) is 79.7 cm³/mol. The molecule has 1 aliphatic heterocycles. The van der Waals surface area contributed by atoms with Crippen molar-refractivity contribution in [3.8, 4) is 11.8 Å². The molecule has 5 nitrogen and oxygen atoms in total. The molecule has 120 valence electrons. The lowest BCUT2D eigenvalue weighted by molar-refractivity contribution is -0.161. The van der Waals surface area contributed by atoms with Gasteiger partial charge in [-0.15, -0.1) is 0 Å². The van der Waals surface area contributed by atoms with E-state index in [0.29, 0.717) is 5.92 Å². The quantitative estimate of drug-likeness (QED) is 0.453. The van der Waals surface area contributed by atoms with Crippen molar-refractivity contribution in [3.05, 3.63) is 12.2 Å². The van der Waals surface area contributed by atoms with Crippen LogP contribution >= 0.6 is 0 Å². The molecular formula is C17H22O5. The van der Waals surface area contributed by atoms with Crippen LogP contribution in [0.2, 0.25) is 0 Å². The Morgan fingerprint density at radius 1 is 1.14 bits per heavy atom. The van der Waals surface area contributed by atoms with Crippen LogP contribution in [0.25, 0.3) is 0 Å². The Balaban J connectivity index is 1.98. The molecule has 1 aliphatic carbocycles. The summed E-state index contributed by atoms with van der Waals surface area (Å²) in [5, 5.41) is 0. The first kappa shape index (κ1) is 16.6. The molecule has 2 aliphatic rings. The predicted octanol–water partition coefficient (Wildman–Crippen LogP) is 2.00. The third-order valence-electron chi connectivity index (χ3n) is 3.70. The molecule has 0 N–H and O–H groups in total. The lowest BCUT2D eigenvalue weighted by Gasteiger charge is -2.29. The lowest BCUT2D eigenvalue weighted by atomic mass is 10.1. The number of hydrogen-bond acceptors (Lipinski definition) is 5. The van der Waals surface area contributed by atoms with Gasteiger partial charge in [0.05, 0.1) is 0 Å². The first-order chi connectivity index (χ1) is 10.5. The summed E-state index contributed by atoms with van der Waals surface area (Å²) in [5.41, 5.74) is 0. The molecular weight excluding hydrogens is 284 g/mol. The summed E-state index contributed by atoms with van der Waals surface area (Å²) in [6.45, 7) is 2.71. The van der Waals surface area contributed by atoms with Crippen molar-refractivity contribution < 1.29 is 23.8 Å². The van der Waals surface area contributed by atoms with Gasteiger partial charge in [-0.05, 0) is 25.0 Å². The van der Waals surface area contributed by atoms with Crippen LogP contribution in [-0.2, 0) is 23.8 Å². The normalized spacial score (nSPS) is 27.8. The summed E-state index contributed by atoms with van der Waals surface area (Å²) >= 11 is 0. The van der Waals surface area contributed by atoms with Crippen LogP contribution in [0.4, 0.5) is 0 Å². The molecule has 1 saturated carbocycles. The van der Waals surface area contributed by atoms with Crippen LogP contribution in [0.15, 0.2) is 12.2 Å². The van der Waals surface area contributed by atoms with Gasteiger partial charge in [-0.1, -0.05) is 24.7 Å². The largest absolute Gasteiger partial charge is 0.463 e. The van der Waals surface area contributed by atoms with E-state index >= 15 is 0 Å². The van der Waals surface area contributed by atoms with Gasteiger partial charge in [0.15, 0.2) is 0 Å². The number of carbonyl (C=O) groups excluding carboxylic acids is 2. The summed E-state index contributed by atoms with van der Waals surface area (Å²) in [6.07, 6.45) is 6.89. The zero-order valence-corrected chi connectivity index (χ0v) is 13.0. The molecule has 1 fully saturated rings. The Labute approximate surface area is 131 Å². The zero-order valence-electron chi connectivity index (χ0n) is 13.0. The SMILES string of the molecule is CC(=O)OC[C@H]1O[C@H](C#CC2CCCC2)C=C[C@@H]1OC(C)=O. The monoisotopic (exact) mass is 306 g/mol. The summed E-state index contributed by atoms with van der Waals surface area (Å²) < 4.78 is 15.9. The van der Waals surface area contributed by atoms with E-state index in [2.05, 4.69) is 11.8 Å². The van der Waals surface area contributed by atoms with E-state index < -0.39 is 24.1 Å². The highest BCUT2D eigenvalue weighted by atomic mass is 16.6. The Bertz CT molecular complexity index is 493. The maximum atomic E-state index is 11.1. The van der Waals surface area contributed by atoms with E-state index in [9.17, 15) is 9.59 Å². The van der Waals surface area contributed by atoms with Crippen molar-refractivity contribution in [1.82, 2.24) is 0 Å². The van der Waals surface area contributed by atoms with Crippen LogP contribution in [0.5, 0.6) is 0 Å². The van der Waals surface area contributed by atoms with E-state index in [1.165, 1.54) is 26.7 Å². The van der Waals surface area contributed by atoms with E-state index in [-0.39, 0.29) is 12.7 Å². The summed E-state index contributed by atoms with van der Waals surface area (Å²) in [6, 6.07) is 0. The second-order valence-electron chi connectivity index (χ2n) is 5.63. The minimum absolute atomic E-state index is 0.0409. The van der Waals surface area contributed by atoms with Gasteiger partial charge in [0.2, 0.25) is 0 Å². The van der Waals surface area contributed by atoms with Crippen molar-refractivity contribution in [3.63, 3.8) is 0 Å². The lowest BCUT2D eigenvalue weighted by Crippen LogP contribution is -2.41. The fourth-order valence-corrected chi connectivity index (χ4v) is 2.64. The van der Waals surface area contributed by atoms with E-state index in [4.69, 9.17) is 14.2 Å². The van der Waals surface area contributed by atoms with Gasteiger partial charge in [0.1, 0.15) is 24.9 Å². The molecule has 5 heteroatoms. The molecule has 22 heavy (non-hydrogen) atoms. The highest BCUT2D eigenvalue weighted by Gasteiger charge is 2.30. The molecule has 0 aromatic rings. The number of esters is 2. The standard InChI is InChI=1S/C17H22O5/c1-12(18)20-11-17-16(21-13(2)19)10-9-15(22-17)8-7-14-5-3-4-6-14/h9-10,14-17H,3-6,11H2,1-2H3/t15-,16+,17-/m1/s1.